The van der Waals surface area contributed by atoms with Crippen LogP contribution in [0.5, 0.6) is 0 Å². The minimum Gasteiger partial charge on any atom is -0.341 e. The van der Waals surface area contributed by atoms with Crippen molar-refractivity contribution >= 4 is 29.3 Å². The summed E-state index contributed by atoms with van der Waals surface area (Å²) in [6, 6.07) is 6.20. The molecule has 0 aliphatic carbocycles. The molecule has 2 aliphatic heterocycles. The first-order valence-electron chi connectivity index (χ1n) is 12.0. The summed E-state index contributed by atoms with van der Waals surface area (Å²) in [4.78, 5) is 44.7. The van der Waals surface area contributed by atoms with Crippen LogP contribution in [0, 0.1) is 17.8 Å². The lowest BCUT2D eigenvalue weighted by Crippen LogP contribution is -2.57. The first-order chi connectivity index (χ1) is 15.7. The molecule has 2 heterocycles. The zero-order chi connectivity index (χ0) is 24.1. The van der Waals surface area contributed by atoms with E-state index in [1.54, 1.807) is 29.2 Å². The van der Waals surface area contributed by atoms with Crippen LogP contribution in [0.2, 0.25) is 5.02 Å². The van der Waals surface area contributed by atoms with E-state index in [9.17, 15) is 14.4 Å². The molecule has 2 saturated heterocycles. The van der Waals surface area contributed by atoms with E-state index in [1.165, 1.54) is 6.42 Å². The normalized spacial score (nSPS) is 22.8. The van der Waals surface area contributed by atoms with Gasteiger partial charge >= 0.3 is 0 Å². The highest BCUT2D eigenvalue weighted by molar-refractivity contribution is 6.33. The number of carbonyl (C=O) groups is 3. The van der Waals surface area contributed by atoms with Gasteiger partial charge in [-0.1, -0.05) is 51.4 Å². The predicted octanol–water partition coefficient (Wildman–Crippen LogP) is 2.74. The van der Waals surface area contributed by atoms with Gasteiger partial charge in [-0.05, 0) is 36.3 Å². The Morgan fingerprint density at radius 2 is 1.61 bits per heavy atom. The van der Waals surface area contributed by atoms with E-state index in [1.807, 2.05) is 18.7 Å². The van der Waals surface area contributed by atoms with Crippen molar-refractivity contribution in [2.24, 2.45) is 17.8 Å². The third-order valence-electron chi connectivity index (χ3n) is 6.60. The van der Waals surface area contributed by atoms with E-state index in [0.29, 0.717) is 55.1 Å². The van der Waals surface area contributed by atoms with Gasteiger partial charge in [0.1, 0.15) is 6.04 Å². The lowest BCUT2D eigenvalue weighted by molar-refractivity contribution is -0.138. The summed E-state index contributed by atoms with van der Waals surface area (Å²) >= 11 is 6.15. The SMILES string of the molecule is CC1CC(C)CN(C(=O)CN2CCN(C(=O)C(NC(=O)c3ccccc3Cl)C(C)C)CC2)C1. The Balaban J connectivity index is 1.53. The third kappa shape index (κ3) is 6.70. The fraction of sp³-hybridized carbons (Fsp3) is 0.640. The van der Waals surface area contributed by atoms with E-state index in [0.717, 1.165) is 13.1 Å². The Hall–Kier alpha value is -2.12. The van der Waals surface area contributed by atoms with Crippen molar-refractivity contribution in [1.82, 2.24) is 20.0 Å². The van der Waals surface area contributed by atoms with Gasteiger partial charge < -0.3 is 15.1 Å². The Bertz CT molecular complexity index is 844. The van der Waals surface area contributed by atoms with Crippen LogP contribution in [0.4, 0.5) is 0 Å². The number of halogens is 1. The van der Waals surface area contributed by atoms with E-state index in [2.05, 4.69) is 24.1 Å². The van der Waals surface area contributed by atoms with Gasteiger partial charge in [0.05, 0.1) is 17.1 Å². The molecule has 182 valence electrons. The minimum absolute atomic E-state index is 0.0633. The monoisotopic (exact) mass is 476 g/mol. The summed E-state index contributed by atoms with van der Waals surface area (Å²) in [7, 11) is 0. The number of hydrogen-bond donors (Lipinski definition) is 1. The number of nitrogens with one attached hydrogen (secondary N) is 1. The topological polar surface area (TPSA) is 73.0 Å². The van der Waals surface area contributed by atoms with Crippen LogP contribution in [0.3, 0.4) is 0 Å². The third-order valence-corrected chi connectivity index (χ3v) is 6.93. The highest BCUT2D eigenvalue weighted by Gasteiger charge is 2.32. The molecule has 0 saturated carbocycles. The van der Waals surface area contributed by atoms with Gasteiger partial charge in [0.2, 0.25) is 11.8 Å². The number of amides is 3. The highest BCUT2D eigenvalue weighted by atomic mass is 35.5. The lowest BCUT2D eigenvalue weighted by atomic mass is 9.92. The lowest BCUT2D eigenvalue weighted by Gasteiger charge is -2.39. The van der Waals surface area contributed by atoms with Gasteiger partial charge in [0.15, 0.2) is 0 Å². The summed E-state index contributed by atoms with van der Waals surface area (Å²) in [6.07, 6.45) is 1.18. The first kappa shape index (κ1) is 25.5. The zero-order valence-electron chi connectivity index (χ0n) is 20.2. The number of benzene rings is 1. The molecule has 3 unspecified atom stereocenters. The molecule has 3 rings (SSSR count). The standard InChI is InChI=1S/C25H37ClN4O3/c1-17(2)23(27-24(32)20-7-5-6-8-21(20)26)25(33)29-11-9-28(10-12-29)16-22(31)30-14-18(3)13-19(4)15-30/h5-8,17-19,23H,9-16H2,1-4H3,(H,27,32). The number of rotatable bonds is 6. The summed E-state index contributed by atoms with van der Waals surface area (Å²) in [5, 5.41) is 3.24. The fourth-order valence-electron chi connectivity index (χ4n) is 4.86. The number of piperidine rings is 1. The van der Waals surface area contributed by atoms with E-state index in [4.69, 9.17) is 11.6 Å². The smallest absolute Gasteiger partial charge is 0.253 e. The molecule has 7 nitrogen and oxygen atoms in total. The van der Waals surface area contributed by atoms with E-state index in [-0.39, 0.29) is 23.6 Å². The summed E-state index contributed by atoms with van der Waals surface area (Å²) in [5.74, 6) is 0.769. The molecule has 3 atom stereocenters. The Morgan fingerprint density at radius 3 is 2.18 bits per heavy atom. The predicted molar refractivity (Wildman–Crippen MR) is 130 cm³/mol. The first-order valence-corrected chi connectivity index (χ1v) is 12.4. The van der Waals surface area contributed by atoms with E-state index >= 15 is 0 Å². The Kier molecular flexibility index (Phi) is 8.76. The van der Waals surface area contributed by atoms with Gasteiger partial charge in [-0.15, -0.1) is 0 Å². The van der Waals surface area contributed by atoms with Gasteiger partial charge in [0.25, 0.3) is 5.91 Å². The molecule has 0 aromatic heterocycles. The van der Waals surface area contributed by atoms with Gasteiger partial charge in [-0.3, -0.25) is 19.3 Å². The van der Waals surface area contributed by atoms with Crippen LogP contribution >= 0.6 is 11.6 Å². The number of likely N-dealkylation sites (tertiary alicyclic amines) is 1. The summed E-state index contributed by atoms with van der Waals surface area (Å²) in [6.45, 7) is 12.7. The van der Waals surface area contributed by atoms with Crippen LogP contribution in [0.1, 0.15) is 44.5 Å². The van der Waals surface area contributed by atoms with Crippen LogP contribution < -0.4 is 5.32 Å². The molecule has 0 radical (unpaired) electrons. The van der Waals surface area contributed by atoms with Crippen molar-refractivity contribution in [3.8, 4) is 0 Å². The van der Waals surface area contributed by atoms with Crippen molar-refractivity contribution in [1.29, 1.82) is 0 Å². The molecular weight excluding hydrogens is 440 g/mol. The molecule has 33 heavy (non-hydrogen) atoms. The highest BCUT2D eigenvalue weighted by Crippen LogP contribution is 2.21. The molecule has 0 spiro atoms. The van der Waals surface area contributed by atoms with Crippen LogP contribution in [-0.4, -0.2) is 84.3 Å². The van der Waals surface area contributed by atoms with Crippen molar-refractivity contribution in [3.05, 3.63) is 34.9 Å². The number of piperazine rings is 1. The van der Waals surface area contributed by atoms with Crippen molar-refractivity contribution in [2.45, 2.75) is 40.2 Å². The van der Waals surface area contributed by atoms with Crippen LogP contribution in [-0.2, 0) is 9.59 Å². The molecule has 0 bridgehead atoms. The minimum atomic E-state index is -0.627. The van der Waals surface area contributed by atoms with Gasteiger partial charge in [0, 0.05) is 39.3 Å². The second-order valence-electron chi connectivity index (χ2n) is 10.0. The van der Waals surface area contributed by atoms with Crippen molar-refractivity contribution in [3.63, 3.8) is 0 Å². The van der Waals surface area contributed by atoms with Crippen molar-refractivity contribution < 1.29 is 14.4 Å². The summed E-state index contributed by atoms with van der Waals surface area (Å²) < 4.78 is 0. The molecule has 2 aliphatic rings. The van der Waals surface area contributed by atoms with Gasteiger partial charge in [-0.2, -0.15) is 0 Å². The Morgan fingerprint density at radius 1 is 1.00 bits per heavy atom. The molecule has 8 heteroatoms. The second-order valence-corrected chi connectivity index (χ2v) is 10.4. The molecule has 2 fully saturated rings. The fourth-order valence-corrected chi connectivity index (χ4v) is 5.08. The maximum atomic E-state index is 13.2. The van der Waals surface area contributed by atoms with E-state index < -0.39 is 6.04 Å². The molecular formula is C25H37ClN4O3. The number of nitrogens with zero attached hydrogens (tertiary/aromatic N) is 3. The average molecular weight is 477 g/mol. The quantitative estimate of drug-likeness (QED) is 0.685. The molecule has 3 amide bonds. The molecule has 1 aromatic rings. The van der Waals surface area contributed by atoms with Gasteiger partial charge in [-0.25, -0.2) is 0 Å². The molecule has 1 N–H and O–H groups in total. The maximum absolute atomic E-state index is 13.2. The van der Waals surface area contributed by atoms with Crippen molar-refractivity contribution in [2.75, 3.05) is 45.8 Å². The second kappa shape index (κ2) is 11.3. The maximum Gasteiger partial charge on any atom is 0.253 e. The zero-order valence-corrected chi connectivity index (χ0v) is 21.0. The Labute approximate surface area is 202 Å². The molecule has 1 aromatic carbocycles. The largest absolute Gasteiger partial charge is 0.341 e. The van der Waals surface area contributed by atoms with Crippen LogP contribution in [0.25, 0.3) is 0 Å². The van der Waals surface area contributed by atoms with Crippen LogP contribution in [0.15, 0.2) is 24.3 Å². The number of hydrogen-bond acceptors (Lipinski definition) is 4. The number of carbonyl (C=O) groups excluding carboxylic acids is 3. The average Bonchev–Trinajstić information content (AvgIpc) is 2.76. The summed E-state index contributed by atoms with van der Waals surface area (Å²) in [5.41, 5.74) is 0.363.